The number of halogens is 1. The molecular weight excluding hydrogens is 229 g/mol. The van der Waals surface area contributed by atoms with Gasteiger partial charge in [0.05, 0.1) is 0 Å². The van der Waals surface area contributed by atoms with E-state index in [9.17, 15) is 4.39 Å². The second kappa shape index (κ2) is 5.19. The van der Waals surface area contributed by atoms with E-state index in [1.165, 1.54) is 6.07 Å². The summed E-state index contributed by atoms with van der Waals surface area (Å²) < 4.78 is 19.4. The van der Waals surface area contributed by atoms with Gasteiger partial charge in [-0.1, -0.05) is 23.8 Å². The van der Waals surface area contributed by atoms with E-state index in [-0.39, 0.29) is 5.82 Å². The predicted octanol–water partition coefficient (Wildman–Crippen LogP) is 3.95. The Balaban J connectivity index is 2.34. The maximum atomic E-state index is 13.7. The zero-order valence-electron chi connectivity index (χ0n) is 10.5. The topological polar surface area (TPSA) is 35.2 Å². The fraction of sp³-hybridized carbons (Fsp3) is 0.200. The van der Waals surface area contributed by atoms with Crippen molar-refractivity contribution in [1.29, 1.82) is 0 Å². The molecule has 1 atom stereocenters. The Morgan fingerprint density at radius 2 is 1.78 bits per heavy atom. The second-order valence-electron chi connectivity index (χ2n) is 4.36. The fourth-order valence-corrected chi connectivity index (χ4v) is 1.78. The van der Waals surface area contributed by atoms with Crippen molar-refractivity contribution in [3.8, 4) is 11.5 Å². The van der Waals surface area contributed by atoms with Crippen LogP contribution in [-0.2, 0) is 0 Å². The van der Waals surface area contributed by atoms with Gasteiger partial charge in [-0.3, -0.25) is 0 Å². The summed E-state index contributed by atoms with van der Waals surface area (Å²) in [5.41, 5.74) is 7.32. The zero-order chi connectivity index (χ0) is 13.1. The Kier molecular flexibility index (Phi) is 3.63. The van der Waals surface area contributed by atoms with E-state index >= 15 is 0 Å². The van der Waals surface area contributed by atoms with Crippen LogP contribution in [0.25, 0.3) is 0 Å². The number of hydrogen-bond acceptors (Lipinski definition) is 2. The van der Waals surface area contributed by atoms with E-state index in [2.05, 4.69) is 0 Å². The molecule has 0 amide bonds. The largest absolute Gasteiger partial charge is 0.457 e. The van der Waals surface area contributed by atoms with Crippen LogP contribution in [-0.4, -0.2) is 0 Å². The van der Waals surface area contributed by atoms with Crippen molar-refractivity contribution in [1.82, 2.24) is 0 Å². The standard InChI is InChI=1S/C15H16FNO/c1-10-6-8-12(9-7-10)18-14-5-3-4-13(16)15(14)11(2)17/h3-9,11H,17H2,1-2H3. The number of rotatable bonds is 3. The molecule has 18 heavy (non-hydrogen) atoms. The molecule has 0 aromatic heterocycles. The van der Waals surface area contributed by atoms with Crippen molar-refractivity contribution in [2.24, 2.45) is 5.73 Å². The van der Waals surface area contributed by atoms with Crippen LogP contribution in [0.3, 0.4) is 0 Å². The first-order chi connectivity index (χ1) is 8.58. The van der Waals surface area contributed by atoms with Crippen LogP contribution in [0.5, 0.6) is 11.5 Å². The molecule has 0 heterocycles. The first-order valence-corrected chi connectivity index (χ1v) is 5.86. The summed E-state index contributed by atoms with van der Waals surface area (Å²) in [6, 6.07) is 11.9. The molecule has 2 aromatic carbocycles. The maximum Gasteiger partial charge on any atom is 0.135 e. The lowest BCUT2D eigenvalue weighted by atomic mass is 10.1. The molecule has 0 saturated carbocycles. The average Bonchev–Trinajstić information content (AvgIpc) is 2.32. The van der Waals surface area contributed by atoms with Gasteiger partial charge in [-0.25, -0.2) is 4.39 Å². The molecule has 0 bridgehead atoms. The summed E-state index contributed by atoms with van der Waals surface area (Å²) in [7, 11) is 0. The lowest BCUT2D eigenvalue weighted by molar-refractivity contribution is 0.461. The van der Waals surface area contributed by atoms with Crippen molar-refractivity contribution >= 4 is 0 Å². The molecule has 0 aliphatic carbocycles. The van der Waals surface area contributed by atoms with Gasteiger partial charge in [-0.05, 0) is 38.1 Å². The number of ether oxygens (including phenoxy) is 1. The minimum Gasteiger partial charge on any atom is -0.457 e. The third kappa shape index (κ3) is 2.68. The van der Waals surface area contributed by atoms with Gasteiger partial charge in [-0.2, -0.15) is 0 Å². The van der Waals surface area contributed by atoms with Gasteiger partial charge < -0.3 is 10.5 Å². The third-order valence-corrected chi connectivity index (χ3v) is 2.72. The minimum atomic E-state index is -0.411. The maximum absolute atomic E-state index is 13.7. The lowest BCUT2D eigenvalue weighted by Crippen LogP contribution is -2.09. The Labute approximate surface area is 106 Å². The molecule has 0 aliphatic heterocycles. The van der Waals surface area contributed by atoms with E-state index in [1.807, 2.05) is 31.2 Å². The summed E-state index contributed by atoms with van der Waals surface area (Å²) >= 11 is 0. The molecule has 2 rings (SSSR count). The van der Waals surface area contributed by atoms with Crippen molar-refractivity contribution < 1.29 is 9.13 Å². The fourth-order valence-electron chi connectivity index (χ4n) is 1.78. The van der Waals surface area contributed by atoms with Crippen molar-refractivity contribution in [3.05, 3.63) is 59.4 Å². The van der Waals surface area contributed by atoms with Gasteiger partial charge in [-0.15, -0.1) is 0 Å². The third-order valence-electron chi connectivity index (χ3n) is 2.72. The van der Waals surface area contributed by atoms with Gasteiger partial charge >= 0.3 is 0 Å². The lowest BCUT2D eigenvalue weighted by Gasteiger charge is -2.14. The summed E-state index contributed by atoms with van der Waals surface area (Å²) in [6.07, 6.45) is 0. The molecule has 0 aliphatic rings. The summed E-state index contributed by atoms with van der Waals surface area (Å²) in [4.78, 5) is 0. The molecule has 0 radical (unpaired) electrons. The van der Waals surface area contributed by atoms with E-state index < -0.39 is 6.04 Å². The molecule has 0 fully saturated rings. The molecule has 0 saturated heterocycles. The summed E-state index contributed by atoms with van der Waals surface area (Å²) in [6.45, 7) is 3.74. The van der Waals surface area contributed by atoms with E-state index in [4.69, 9.17) is 10.5 Å². The minimum absolute atomic E-state index is 0.338. The van der Waals surface area contributed by atoms with E-state index in [1.54, 1.807) is 19.1 Å². The van der Waals surface area contributed by atoms with Gasteiger partial charge in [0.25, 0.3) is 0 Å². The van der Waals surface area contributed by atoms with E-state index in [0.29, 0.717) is 17.1 Å². The molecule has 2 N–H and O–H groups in total. The van der Waals surface area contributed by atoms with Gasteiger partial charge in [0.15, 0.2) is 0 Å². The molecule has 94 valence electrons. The first kappa shape index (κ1) is 12.6. The molecule has 1 unspecified atom stereocenters. The van der Waals surface area contributed by atoms with Crippen LogP contribution in [0, 0.1) is 12.7 Å². The highest BCUT2D eigenvalue weighted by molar-refractivity contribution is 5.40. The van der Waals surface area contributed by atoms with E-state index in [0.717, 1.165) is 5.56 Å². The number of aryl methyl sites for hydroxylation is 1. The number of hydrogen-bond donors (Lipinski definition) is 1. The Bertz CT molecular complexity index is 535. The second-order valence-corrected chi connectivity index (χ2v) is 4.36. The SMILES string of the molecule is Cc1ccc(Oc2cccc(F)c2C(C)N)cc1. The number of benzene rings is 2. The van der Waals surface area contributed by atoms with Crippen LogP contribution >= 0.6 is 0 Å². The quantitative estimate of drug-likeness (QED) is 0.888. The molecule has 0 spiro atoms. The van der Waals surface area contributed by atoms with Crippen LogP contribution < -0.4 is 10.5 Å². The van der Waals surface area contributed by atoms with Crippen LogP contribution in [0.15, 0.2) is 42.5 Å². The summed E-state index contributed by atoms with van der Waals surface area (Å²) in [5, 5.41) is 0. The normalized spacial score (nSPS) is 12.2. The average molecular weight is 245 g/mol. The monoisotopic (exact) mass is 245 g/mol. The van der Waals surface area contributed by atoms with Gasteiger partial charge in [0.2, 0.25) is 0 Å². The smallest absolute Gasteiger partial charge is 0.135 e. The number of nitrogens with two attached hydrogens (primary N) is 1. The first-order valence-electron chi connectivity index (χ1n) is 5.86. The predicted molar refractivity (Wildman–Crippen MR) is 70.3 cm³/mol. The van der Waals surface area contributed by atoms with Gasteiger partial charge in [0, 0.05) is 11.6 Å². The molecular formula is C15H16FNO. The zero-order valence-corrected chi connectivity index (χ0v) is 10.5. The highest BCUT2D eigenvalue weighted by Gasteiger charge is 2.14. The molecule has 2 aromatic rings. The van der Waals surface area contributed by atoms with Crippen molar-refractivity contribution in [2.75, 3.05) is 0 Å². The Morgan fingerprint density at radius 1 is 1.11 bits per heavy atom. The van der Waals surface area contributed by atoms with Crippen LogP contribution in [0.4, 0.5) is 4.39 Å². The van der Waals surface area contributed by atoms with Crippen LogP contribution in [0.1, 0.15) is 24.1 Å². The van der Waals surface area contributed by atoms with Crippen molar-refractivity contribution in [3.63, 3.8) is 0 Å². The summed E-state index contributed by atoms with van der Waals surface area (Å²) in [5.74, 6) is 0.802. The molecule has 2 nitrogen and oxygen atoms in total. The molecule has 3 heteroatoms. The van der Waals surface area contributed by atoms with Crippen molar-refractivity contribution in [2.45, 2.75) is 19.9 Å². The highest BCUT2D eigenvalue weighted by atomic mass is 19.1. The van der Waals surface area contributed by atoms with Gasteiger partial charge in [0.1, 0.15) is 17.3 Å². The Morgan fingerprint density at radius 3 is 2.39 bits per heavy atom. The Hall–Kier alpha value is -1.87. The van der Waals surface area contributed by atoms with Crippen LogP contribution in [0.2, 0.25) is 0 Å². The highest BCUT2D eigenvalue weighted by Crippen LogP contribution is 2.30.